The summed E-state index contributed by atoms with van der Waals surface area (Å²) in [7, 11) is 0. The highest BCUT2D eigenvalue weighted by molar-refractivity contribution is 5.94. The van der Waals surface area contributed by atoms with Crippen molar-refractivity contribution in [2.24, 2.45) is 5.73 Å². The van der Waals surface area contributed by atoms with Crippen LogP contribution >= 0.6 is 0 Å². The van der Waals surface area contributed by atoms with Gasteiger partial charge in [-0.1, -0.05) is 30.3 Å². The molecule has 1 atom stereocenters. The normalized spacial score (nSPS) is 12.0. The first-order valence-corrected chi connectivity index (χ1v) is 7.28. The first kappa shape index (κ1) is 16.0. The van der Waals surface area contributed by atoms with Gasteiger partial charge in [0.1, 0.15) is 0 Å². The van der Waals surface area contributed by atoms with E-state index < -0.39 is 0 Å². The Balaban J connectivity index is 2.01. The molecule has 5 nitrogen and oxygen atoms in total. The molecule has 0 aliphatic rings. The largest absolute Gasteiger partial charge is 0.489 e. The Morgan fingerprint density at radius 1 is 1.23 bits per heavy atom. The number of hydrogen-bond donors (Lipinski definition) is 2. The number of nitrogens with two attached hydrogens (primary N) is 1. The Morgan fingerprint density at radius 3 is 2.64 bits per heavy atom. The summed E-state index contributed by atoms with van der Waals surface area (Å²) in [4.78, 5) is 16.4. The molecule has 5 heteroatoms. The Morgan fingerprint density at radius 2 is 1.95 bits per heavy atom. The average Bonchev–Trinajstić information content (AvgIpc) is 2.53. The Hall–Kier alpha value is -2.40. The van der Waals surface area contributed by atoms with Crippen LogP contribution in [0.25, 0.3) is 0 Å². The van der Waals surface area contributed by atoms with Gasteiger partial charge in [-0.3, -0.25) is 4.79 Å². The molecule has 0 fully saturated rings. The number of nitrogens with one attached hydrogen (secondary N) is 1. The van der Waals surface area contributed by atoms with Crippen molar-refractivity contribution < 1.29 is 9.53 Å². The van der Waals surface area contributed by atoms with E-state index >= 15 is 0 Å². The van der Waals surface area contributed by atoms with E-state index in [-0.39, 0.29) is 23.7 Å². The van der Waals surface area contributed by atoms with Crippen LogP contribution in [-0.4, -0.2) is 23.5 Å². The molecule has 1 amide bonds. The maximum absolute atomic E-state index is 12.3. The molecular formula is C17H21N3O2. The van der Waals surface area contributed by atoms with Gasteiger partial charge >= 0.3 is 0 Å². The van der Waals surface area contributed by atoms with Crippen LogP contribution < -0.4 is 15.8 Å². The van der Waals surface area contributed by atoms with Crippen LogP contribution in [0.5, 0.6) is 5.75 Å². The van der Waals surface area contributed by atoms with E-state index in [0.29, 0.717) is 12.3 Å². The van der Waals surface area contributed by atoms with Gasteiger partial charge in [0.2, 0.25) is 0 Å². The van der Waals surface area contributed by atoms with Gasteiger partial charge < -0.3 is 15.8 Å². The van der Waals surface area contributed by atoms with Crippen molar-refractivity contribution in [2.45, 2.75) is 26.0 Å². The van der Waals surface area contributed by atoms with Gasteiger partial charge in [-0.05, 0) is 31.5 Å². The van der Waals surface area contributed by atoms with Gasteiger partial charge in [-0.2, -0.15) is 0 Å². The number of carbonyl (C=O) groups is 1. The Kier molecular flexibility index (Phi) is 5.49. The molecule has 0 saturated carbocycles. The van der Waals surface area contributed by atoms with Gasteiger partial charge in [0, 0.05) is 18.8 Å². The fraction of sp³-hybridized carbons (Fsp3) is 0.294. The molecule has 0 radical (unpaired) electrons. The summed E-state index contributed by atoms with van der Waals surface area (Å²) in [5, 5.41) is 2.80. The molecule has 1 aromatic heterocycles. The Bertz CT molecular complexity index is 614. The highest BCUT2D eigenvalue weighted by Crippen LogP contribution is 2.17. The highest BCUT2D eigenvalue weighted by Gasteiger charge is 2.16. The van der Waals surface area contributed by atoms with Crippen molar-refractivity contribution in [1.82, 2.24) is 10.3 Å². The summed E-state index contributed by atoms with van der Waals surface area (Å²) in [5.41, 5.74) is 7.32. The fourth-order valence-corrected chi connectivity index (χ4v) is 2.01. The molecule has 0 aliphatic heterocycles. The number of nitrogens with zero attached hydrogens (tertiary/aromatic N) is 1. The first-order valence-electron chi connectivity index (χ1n) is 7.28. The molecule has 0 aliphatic carbocycles. The standard InChI is InChI=1S/C17H21N3O2/c1-12(2)22-15-9-6-10-19-16(15)17(21)20-11-14(18)13-7-4-3-5-8-13/h3-10,12,14H,11,18H2,1-2H3,(H,20,21). The van der Waals surface area contributed by atoms with Crippen molar-refractivity contribution in [3.63, 3.8) is 0 Å². The fourth-order valence-electron chi connectivity index (χ4n) is 2.01. The smallest absolute Gasteiger partial charge is 0.273 e. The van der Waals surface area contributed by atoms with Crippen molar-refractivity contribution in [2.75, 3.05) is 6.54 Å². The first-order chi connectivity index (χ1) is 10.6. The predicted molar refractivity (Wildman–Crippen MR) is 85.7 cm³/mol. The zero-order chi connectivity index (χ0) is 15.9. The summed E-state index contributed by atoms with van der Waals surface area (Å²) < 4.78 is 5.60. The number of hydrogen-bond acceptors (Lipinski definition) is 4. The minimum atomic E-state index is -0.289. The molecule has 1 unspecified atom stereocenters. The van der Waals surface area contributed by atoms with Crippen LogP contribution in [0.4, 0.5) is 0 Å². The van der Waals surface area contributed by atoms with Crippen LogP contribution in [0.1, 0.15) is 35.9 Å². The molecule has 0 spiro atoms. The third-order valence-electron chi connectivity index (χ3n) is 3.06. The third-order valence-corrected chi connectivity index (χ3v) is 3.06. The summed E-state index contributed by atoms with van der Waals surface area (Å²) >= 11 is 0. The number of benzene rings is 1. The minimum Gasteiger partial charge on any atom is -0.489 e. The number of amides is 1. The topological polar surface area (TPSA) is 77.2 Å². The molecule has 1 heterocycles. The van der Waals surface area contributed by atoms with Crippen LogP contribution in [0, 0.1) is 0 Å². The van der Waals surface area contributed by atoms with E-state index in [9.17, 15) is 4.79 Å². The van der Waals surface area contributed by atoms with Crippen LogP contribution in [0.3, 0.4) is 0 Å². The molecule has 0 bridgehead atoms. The Labute approximate surface area is 130 Å². The van der Waals surface area contributed by atoms with E-state index in [2.05, 4.69) is 10.3 Å². The van der Waals surface area contributed by atoms with Gasteiger partial charge in [0.05, 0.1) is 6.10 Å². The van der Waals surface area contributed by atoms with Crippen molar-refractivity contribution in [3.05, 3.63) is 59.9 Å². The van der Waals surface area contributed by atoms with Crippen LogP contribution in [0.2, 0.25) is 0 Å². The quantitative estimate of drug-likeness (QED) is 0.858. The van der Waals surface area contributed by atoms with E-state index in [1.807, 2.05) is 44.2 Å². The maximum atomic E-state index is 12.3. The van der Waals surface area contributed by atoms with E-state index in [0.717, 1.165) is 5.56 Å². The number of pyridine rings is 1. The number of aromatic nitrogens is 1. The lowest BCUT2D eigenvalue weighted by Crippen LogP contribution is -2.32. The van der Waals surface area contributed by atoms with Crippen LogP contribution in [0.15, 0.2) is 48.7 Å². The van der Waals surface area contributed by atoms with Crippen molar-refractivity contribution in [3.8, 4) is 5.75 Å². The van der Waals surface area contributed by atoms with Gasteiger partial charge in [-0.25, -0.2) is 4.98 Å². The SMILES string of the molecule is CC(C)Oc1cccnc1C(=O)NCC(N)c1ccccc1. The van der Waals surface area contributed by atoms with Crippen molar-refractivity contribution in [1.29, 1.82) is 0 Å². The lowest BCUT2D eigenvalue weighted by molar-refractivity contribution is 0.0939. The second-order valence-electron chi connectivity index (χ2n) is 5.24. The molecule has 2 aromatic rings. The third kappa shape index (κ3) is 4.30. The summed E-state index contributed by atoms with van der Waals surface area (Å²) in [6, 6.07) is 12.9. The molecule has 22 heavy (non-hydrogen) atoms. The molecule has 2 rings (SSSR count). The summed E-state index contributed by atoms with van der Waals surface area (Å²) in [6.07, 6.45) is 1.54. The van der Waals surface area contributed by atoms with Gasteiger partial charge in [0.25, 0.3) is 5.91 Å². The highest BCUT2D eigenvalue weighted by atomic mass is 16.5. The maximum Gasteiger partial charge on any atom is 0.273 e. The van der Waals surface area contributed by atoms with E-state index in [4.69, 9.17) is 10.5 Å². The van der Waals surface area contributed by atoms with Gasteiger partial charge in [-0.15, -0.1) is 0 Å². The number of ether oxygens (including phenoxy) is 1. The molecule has 3 N–H and O–H groups in total. The van der Waals surface area contributed by atoms with Crippen LogP contribution in [-0.2, 0) is 0 Å². The molecular weight excluding hydrogens is 278 g/mol. The number of carbonyl (C=O) groups excluding carboxylic acids is 1. The van der Waals surface area contributed by atoms with E-state index in [1.54, 1.807) is 18.3 Å². The average molecular weight is 299 g/mol. The molecule has 0 saturated heterocycles. The molecule has 1 aromatic carbocycles. The van der Waals surface area contributed by atoms with Crippen molar-refractivity contribution >= 4 is 5.91 Å². The predicted octanol–water partition coefficient (Wildman–Crippen LogP) is 2.30. The zero-order valence-corrected chi connectivity index (χ0v) is 12.8. The summed E-state index contributed by atoms with van der Waals surface area (Å²) in [5.74, 6) is 0.186. The number of rotatable bonds is 6. The lowest BCUT2D eigenvalue weighted by Gasteiger charge is -2.15. The lowest BCUT2D eigenvalue weighted by atomic mass is 10.1. The van der Waals surface area contributed by atoms with Gasteiger partial charge in [0.15, 0.2) is 11.4 Å². The minimum absolute atomic E-state index is 0.0256. The summed E-state index contributed by atoms with van der Waals surface area (Å²) in [6.45, 7) is 4.14. The zero-order valence-electron chi connectivity index (χ0n) is 12.8. The monoisotopic (exact) mass is 299 g/mol. The molecule has 116 valence electrons. The second kappa shape index (κ2) is 7.56. The van der Waals surface area contributed by atoms with E-state index in [1.165, 1.54) is 0 Å². The second-order valence-corrected chi connectivity index (χ2v) is 5.24.